The molecule has 0 bridgehead atoms. The lowest BCUT2D eigenvalue weighted by Crippen LogP contribution is -2.39. The van der Waals surface area contributed by atoms with Crippen molar-refractivity contribution in [3.63, 3.8) is 0 Å². The number of carbonyl (C=O) groups is 1. The highest BCUT2D eigenvalue weighted by molar-refractivity contribution is 6.31. The molecule has 2 atom stereocenters. The third-order valence-electron chi connectivity index (χ3n) is 3.88. The summed E-state index contributed by atoms with van der Waals surface area (Å²) in [6.45, 7) is 1.85. The lowest BCUT2D eigenvalue weighted by atomic mass is 10.0. The molecule has 2 unspecified atom stereocenters. The van der Waals surface area contributed by atoms with E-state index in [1.165, 1.54) is 6.07 Å². The Balaban J connectivity index is 1.68. The van der Waals surface area contributed by atoms with Crippen LogP contribution in [0.15, 0.2) is 42.5 Å². The average molecular weight is 334 g/mol. The zero-order valence-electron chi connectivity index (χ0n) is 12.6. The molecule has 3 rings (SSSR count). The van der Waals surface area contributed by atoms with Gasteiger partial charge in [0.25, 0.3) is 0 Å². The number of aryl methyl sites for hydroxylation is 1. The number of carbonyl (C=O) groups excluding carboxylic acids is 1. The van der Waals surface area contributed by atoms with E-state index in [-0.39, 0.29) is 17.6 Å². The van der Waals surface area contributed by atoms with Gasteiger partial charge < -0.3 is 5.32 Å². The summed E-state index contributed by atoms with van der Waals surface area (Å²) in [6, 6.07) is 11.6. The summed E-state index contributed by atoms with van der Waals surface area (Å²) < 4.78 is 13.7. The van der Waals surface area contributed by atoms with Crippen LogP contribution in [0.5, 0.6) is 0 Å². The summed E-state index contributed by atoms with van der Waals surface area (Å²) in [4.78, 5) is 12.3. The molecule has 0 aliphatic carbocycles. The van der Waals surface area contributed by atoms with Gasteiger partial charge in [0.2, 0.25) is 5.91 Å². The molecule has 1 aliphatic rings. The Hall–Kier alpha value is -1.95. The maximum Gasteiger partial charge on any atom is 0.243 e. The summed E-state index contributed by atoms with van der Waals surface area (Å²) in [5.41, 5.74) is 8.02. The van der Waals surface area contributed by atoms with Crippen molar-refractivity contribution in [2.45, 2.75) is 25.4 Å². The summed E-state index contributed by atoms with van der Waals surface area (Å²) in [6.07, 6.45) is 0.531. The van der Waals surface area contributed by atoms with Crippen molar-refractivity contribution in [3.8, 4) is 0 Å². The summed E-state index contributed by atoms with van der Waals surface area (Å²) in [7, 11) is 0. The lowest BCUT2D eigenvalue weighted by molar-refractivity contribution is -0.117. The molecule has 23 heavy (non-hydrogen) atoms. The molecule has 2 aromatic rings. The highest BCUT2D eigenvalue weighted by Crippen LogP contribution is 2.28. The van der Waals surface area contributed by atoms with E-state index in [0.29, 0.717) is 11.4 Å². The van der Waals surface area contributed by atoms with Crippen LogP contribution < -0.4 is 16.2 Å². The largest absolute Gasteiger partial charge is 0.322 e. The minimum absolute atomic E-state index is 0.0678. The fourth-order valence-electron chi connectivity index (χ4n) is 2.64. The zero-order valence-corrected chi connectivity index (χ0v) is 13.3. The fourth-order valence-corrected chi connectivity index (χ4v) is 2.91. The molecule has 0 spiro atoms. The van der Waals surface area contributed by atoms with E-state index in [1.54, 1.807) is 12.1 Å². The molecule has 0 aromatic heterocycles. The lowest BCUT2D eigenvalue weighted by Gasteiger charge is -2.12. The molecule has 1 amide bonds. The number of hydrogen-bond donors (Lipinski definition) is 3. The van der Waals surface area contributed by atoms with E-state index in [9.17, 15) is 9.18 Å². The van der Waals surface area contributed by atoms with E-state index in [1.807, 2.05) is 31.2 Å². The maximum absolute atomic E-state index is 13.7. The van der Waals surface area contributed by atoms with Gasteiger partial charge in [0, 0.05) is 11.1 Å². The quantitative estimate of drug-likeness (QED) is 0.807. The minimum Gasteiger partial charge on any atom is -0.322 e. The van der Waals surface area contributed by atoms with Gasteiger partial charge in [-0.3, -0.25) is 4.79 Å². The standard InChI is InChI=1S/C17H17ClFN3O/c1-10-6-7-13(19)15(8-10)20-17(23)16-9-14(21-22-16)11-4-2-3-5-12(11)18/h2-8,14,16,21-22H,9H2,1H3,(H,20,23). The Morgan fingerprint density at radius 1 is 1.26 bits per heavy atom. The molecule has 4 nitrogen and oxygen atoms in total. The molecule has 3 N–H and O–H groups in total. The Morgan fingerprint density at radius 2 is 2.04 bits per heavy atom. The zero-order chi connectivity index (χ0) is 16.4. The number of halogens is 2. The van der Waals surface area contributed by atoms with Crippen LogP contribution in [0.3, 0.4) is 0 Å². The van der Waals surface area contributed by atoms with Crippen LogP contribution in [0.4, 0.5) is 10.1 Å². The normalized spacial score (nSPS) is 20.5. The van der Waals surface area contributed by atoms with Gasteiger partial charge in [-0.25, -0.2) is 15.2 Å². The molecular formula is C17H17ClFN3O. The maximum atomic E-state index is 13.7. The molecule has 1 fully saturated rings. The van der Waals surface area contributed by atoms with Crippen molar-refractivity contribution in [2.75, 3.05) is 5.32 Å². The topological polar surface area (TPSA) is 53.2 Å². The van der Waals surface area contributed by atoms with Crippen LogP contribution in [0.25, 0.3) is 0 Å². The van der Waals surface area contributed by atoms with Gasteiger partial charge in [-0.05, 0) is 42.7 Å². The molecule has 6 heteroatoms. The number of anilines is 1. The second kappa shape index (κ2) is 6.66. The van der Waals surface area contributed by atoms with Crippen LogP contribution in [0, 0.1) is 12.7 Å². The minimum atomic E-state index is -0.462. The van der Waals surface area contributed by atoms with Crippen LogP contribution in [-0.2, 0) is 4.79 Å². The smallest absolute Gasteiger partial charge is 0.243 e. The van der Waals surface area contributed by atoms with Gasteiger partial charge in [0.1, 0.15) is 11.9 Å². The Labute approximate surface area is 139 Å². The molecule has 0 saturated carbocycles. The van der Waals surface area contributed by atoms with Crippen LogP contribution >= 0.6 is 11.6 Å². The highest BCUT2D eigenvalue weighted by Gasteiger charge is 2.31. The van der Waals surface area contributed by atoms with Crippen molar-refractivity contribution >= 4 is 23.2 Å². The van der Waals surface area contributed by atoms with E-state index >= 15 is 0 Å². The molecular weight excluding hydrogens is 317 g/mol. The van der Waals surface area contributed by atoms with Crippen LogP contribution in [-0.4, -0.2) is 11.9 Å². The SMILES string of the molecule is Cc1ccc(F)c(NC(=O)C2CC(c3ccccc3Cl)NN2)c1. The average Bonchev–Trinajstić information content (AvgIpc) is 3.01. The van der Waals surface area contributed by atoms with Crippen molar-refractivity contribution < 1.29 is 9.18 Å². The number of amides is 1. The number of benzene rings is 2. The third kappa shape index (κ3) is 3.52. The van der Waals surface area contributed by atoms with Crippen molar-refractivity contribution in [2.24, 2.45) is 0 Å². The first-order valence-corrected chi connectivity index (χ1v) is 7.75. The van der Waals surface area contributed by atoms with Gasteiger partial charge in [0.05, 0.1) is 5.69 Å². The molecule has 2 aromatic carbocycles. The number of rotatable bonds is 3. The molecule has 0 radical (unpaired) electrons. The van der Waals surface area contributed by atoms with Gasteiger partial charge >= 0.3 is 0 Å². The molecule has 1 aliphatic heterocycles. The van der Waals surface area contributed by atoms with Crippen molar-refractivity contribution in [1.82, 2.24) is 10.9 Å². The monoisotopic (exact) mass is 333 g/mol. The summed E-state index contributed by atoms with van der Waals surface area (Å²) >= 11 is 6.18. The van der Waals surface area contributed by atoms with Gasteiger partial charge in [-0.2, -0.15) is 0 Å². The predicted molar refractivity (Wildman–Crippen MR) is 88.6 cm³/mol. The number of hydrogen-bond acceptors (Lipinski definition) is 3. The molecule has 1 saturated heterocycles. The summed E-state index contributed by atoms with van der Waals surface area (Å²) in [5.74, 6) is -0.728. The second-order valence-corrected chi connectivity index (χ2v) is 6.03. The second-order valence-electron chi connectivity index (χ2n) is 5.62. The van der Waals surface area contributed by atoms with Crippen molar-refractivity contribution in [1.29, 1.82) is 0 Å². The predicted octanol–water partition coefficient (Wildman–Crippen LogP) is 3.33. The van der Waals surface area contributed by atoms with Gasteiger partial charge in [-0.1, -0.05) is 35.9 Å². The summed E-state index contributed by atoms with van der Waals surface area (Å²) in [5, 5.41) is 3.28. The first-order chi connectivity index (χ1) is 11.0. The van der Waals surface area contributed by atoms with Crippen LogP contribution in [0.1, 0.15) is 23.6 Å². The Bertz CT molecular complexity index is 738. The fraction of sp³-hybridized carbons (Fsp3) is 0.235. The van der Waals surface area contributed by atoms with Gasteiger partial charge in [0.15, 0.2) is 0 Å². The number of nitrogens with one attached hydrogen (secondary N) is 3. The van der Waals surface area contributed by atoms with Crippen molar-refractivity contribution in [3.05, 3.63) is 64.4 Å². The Kier molecular flexibility index (Phi) is 4.61. The van der Waals surface area contributed by atoms with Gasteiger partial charge in [-0.15, -0.1) is 0 Å². The van der Waals surface area contributed by atoms with E-state index in [4.69, 9.17) is 11.6 Å². The first-order valence-electron chi connectivity index (χ1n) is 7.37. The molecule has 120 valence electrons. The highest BCUT2D eigenvalue weighted by atomic mass is 35.5. The van der Waals surface area contributed by atoms with E-state index < -0.39 is 11.9 Å². The number of hydrazine groups is 1. The van der Waals surface area contributed by atoms with E-state index in [2.05, 4.69) is 16.2 Å². The Morgan fingerprint density at radius 3 is 2.83 bits per heavy atom. The third-order valence-corrected chi connectivity index (χ3v) is 4.22. The first kappa shape index (κ1) is 15.9. The van der Waals surface area contributed by atoms with Crippen LogP contribution in [0.2, 0.25) is 5.02 Å². The van der Waals surface area contributed by atoms with E-state index in [0.717, 1.165) is 11.1 Å². The molecule has 1 heterocycles.